The van der Waals surface area contributed by atoms with E-state index in [2.05, 4.69) is 19.9 Å². The highest BCUT2D eigenvalue weighted by Crippen LogP contribution is 2.26. The van der Waals surface area contributed by atoms with Gasteiger partial charge in [-0.2, -0.15) is 5.26 Å². The Labute approximate surface area is 85.8 Å². The Bertz CT molecular complexity index is 247. The number of nitrogens with zero attached hydrogens (tertiary/aromatic N) is 1. The molecule has 1 atom stereocenters. The summed E-state index contributed by atoms with van der Waals surface area (Å²) in [5, 5.41) is 8.88. The molecule has 1 rings (SSSR count). The fraction of sp³-hybridized carbons (Fsp3) is 0.700. The summed E-state index contributed by atoms with van der Waals surface area (Å²) in [6.45, 7) is 7.35. The van der Waals surface area contributed by atoms with Crippen molar-refractivity contribution in [2.75, 3.05) is 13.2 Å². The van der Waals surface area contributed by atoms with Crippen LogP contribution in [0, 0.1) is 16.7 Å². The van der Waals surface area contributed by atoms with E-state index in [0.717, 1.165) is 0 Å². The zero-order chi connectivity index (χ0) is 10.6. The molecule has 1 heterocycles. The SMILES string of the molecule is C/C=C/C(C#N)B1OCC(C)(C)CO1. The normalized spacial score (nSPS) is 23.4. The molecule has 1 aliphatic rings. The molecule has 0 amide bonds. The van der Waals surface area contributed by atoms with Gasteiger partial charge in [-0.15, -0.1) is 0 Å². The average molecular weight is 193 g/mol. The van der Waals surface area contributed by atoms with Gasteiger partial charge in [0.25, 0.3) is 0 Å². The molecule has 0 saturated carbocycles. The van der Waals surface area contributed by atoms with Crippen LogP contribution >= 0.6 is 0 Å². The van der Waals surface area contributed by atoms with Gasteiger partial charge < -0.3 is 9.31 Å². The number of hydrogen-bond donors (Lipinski definition) is 0. The van der Waals surface area contributed by atoms with E-state index in [-0.39, 0.29) is 11.2 Å². The Morgan fingerprint density at radius 3 is 2.43 bits per heavy atom. The van der Waals surface area contributed by atoms with Crippen molar-refractivity contribution < 1.29 is 9.31 Å². The molecule has 1 unspecified atom stereocenters. The second kappa shape index (κ2) is 4.63. The zero-order valence-electron chi connectivity index (χ0n) is 8.99. The maximum absolute atomic E-state index is 8.88. The molecule has 0 aromatic carbocycles. The monoisotopic (exact) mass is 193 g/mol. The third-order valence-corrected chi connectivity index (χ3v) is 2.12. The van der Waals surface area contributed by atoms with E-state index in [0.29, 0.717) is 13.2 Å². The van der Waals surface area contributed by atoms with Crippen LogP contribution in [-0.2, 0) is 9.31 Å². The molecule has 0 radical (unpaired) electrons. The van der Waals surface area contributed by atoms with E-state index in [4.69, 9.17) is 14.6 Å². The van der Waals surface area contributed by atoms with Crippen molar-refractivity contribution in [3.63, 3.8) is 0 Å². The quantitative estimate of drug-likeness (QED) is 0.497. The largest absolute Gasteiger partial charge is 0.479 e. The van der Waals surface area contributed by atoms with Crippen molar-refractivity contribution in [1.82, 2.24) is 0 Å². The first-order valence-electron chi connectivity index (χ1n) is 4.85. The molecule has 0 aromatic heterocycles. The third-order valence-electron chi connectivity index (χ3n) is 2.12. The minimum absolute atomic E-state index is 0.0619. The minimum atomic E-state index is -0.399. The molecule has 4 heteroatoms. The molecule has 76 valence electrons. The third kappa shape index (κ3) is 2.86. The zero-order valence-corrected chi connectivity index (χ0v) is 8.99. The highest BCUT2D eigenvalue weighted by atomic mass is 16.6. The van der Waals surface area contributed by atoms with Crippen LogP contribution in [0.15, 0.2) is 12.2 Å². The number of rotatable bonds is 2. The lowest BCUT2D eigenvalue weighted by molar-refractivity contribution is 0.0274. The molecule has 14 heavy (non-hydrogen) atoms. The van der Waals surface area contributed by atoms with E-state index < -0.39 is 7.12 Å². The first kappa shape index (κ1) is 11.3. The van der Waals surface area contributed by atoms with Gasteiger partial charge in [0.05, 0.1) is 11.9 Å². The van der Waals surface area contributed by atoms with Crippen LogP contribution in [0.5, 0.6) is 0 Å². The summed E-state index contributed by atoms with van der Waals surface area (Å²) in [4.78, 5) is 0. The van der Waals surface area contributed by atoms with Gasteiger partial charge in [-0.3, -0.25) is 0 Å². The standard InChI is InChI=1S/C10H16BNO2/c1-4-5-9(6-12)11-13-7-10(2,3)8-14-11/h4-5,9H,7-8H2,1-3H3/b5-4+. The lowest BCUT2D eigenvalue weighted by Gasteiger charge is -2.33. The summed E-state index contributed by atoms with van der Waals surface area (Å²) < 4.78 is 11.0. The molecule has 0 spiro atoms. The van der Waals surface area contributed by atoms with Gasteiger partial charge in [0.15, 0.2) is 0 Å². The smallest absolute Gasteiger partial charge is 0.409 e. The summed E-state index contributed by atoms with van der Waals surface area (Å²) in [5.41, 5.74) is 0.0619. The molecular formula is C10H16BNO2. The Balaban J connectivity index is 2.52. The Morgan fingerprint density at radius 1 is 1.43 bits per heavy atom. The molecule has 1 aliphatic heterocycles. The minimum Gasteiger partial charge on any atom is -0.409 e. The van der Waals surface area contributed by atoms with E-state index in [1.807, 2.05) is 19.1 Å². The van der Waals surface area contributed by atoms with Crippen molar-refractivity contribution in [2.45, 2.75) is 26.6 Å². The summed E-state index contributed by atoms with van der Waals surface area (Å²) in [5.74, 6) is -0.295. The predicted molar refractivity (Wildman–Crippen MR) is 55.6 cm³/mol. The fourth-order valence-electron chi connectivity index (χ4n) is 1.31. The second-order valence-corrected chi connectivity index (χ2v) is 4.34. The molecule has 0 aliphatic carbocycles. The fourth-order valence-corrected chi connectivity index (χ4v) is 1.31. The van der Waals surface area contributed by atoms with Gasteiger partial charge in [0.1, 0.15) is 0 Å². The molecule has 3 nitrogen and oxygen atoms in total. The molecule has 1 saturated heterocycles. The van der Waals surface area contributed by atoms with Gasteiger partial charge in [-0.1, -0.05) is 26.0 Å². The number of hydrogen-bond acceptors (Lipinski definition) is 3. The molecule has 0 bridgehead atoms. The summed E-state index contributed by atoms with van der Waals surface area (Å²) in [6.07, 6.45) is 3.66. The first-order chi connectivity index (χ1) is 6.59. The van der Waals surface area contributed by atoms with Gasteiger partial charge in [0.2, 0.25) is 0 Å². The van der Waals surface area contributed by atoms with Gasteiger partial charge in [-0.25, -0.2) is 0 Å². The van der Waals surface area contributed by atoms with Crippen molar-refractivity contribution in [2.24, 2.45) is 5.41 Å². The summed E-state index contributed by atoms with van der Waals surface area (Å²) in [6, 6.07) is 2.16. The molecule has 1 fully saturated rings. The second-order valence-electron chi connectivity index (χ2n) is 4.34. The topological polar surface area (TPSA) is 42.2 Å². The average Bonchev–Trinajstić information content (AvgIpc) is 2.15. The van der Waals surface area contributed by atoms with Crippen LogP contribution in [0.1, 0.15) is 20.8 Å². The molecular weight excluding hydrogens is 177 g/mol. The lowest BCUT2D eigenvalue weighted by atomic mass is 9.70. The van der Waals surface area contributed by atoms with Crippen LogP contribution in [0.25, 0.3) is 0 Å². The van der Waals surface area contributed by atoms with Gasteiger partial charge in [0, 0.05) is 18.6 Å². The van der Waals surface area contributed by atoms with Crippen LogP contribution in [0.3, 0.4) is 0 Å². The van der Waals surface area contributed by atoms with E-state index >= 15 is 0 Å². The van der Waals surface area contributed by atoms with E-state index in [1.54, 1.807) is 0 Å². The van der Waals surface area contributed by atoms with E-state index in [9.17, 15) is 0 Å². The summed E-state index contributed by atoms with van der Waals surface area (Å²) >= 11 is 0. The first-order valence-corrected chi connectivity index (χ1v) is 4.85. The van der Waals surface area contributed by atoms with Gasteiger partial charge >= 0.3 is 7.12 Å². The van der Waals surface area contributed by atoms with Crippen molar-refractivity contribution in [1.29, 1.82) is 5.26 Å². The predicted octanol–water partition coefficient (Wildman–Crippen LogP) is 2.02. The van der Waals surface area contributed by atoms with Crippen molar-refractivity contribution in [3.05, 3.63) is 12.2 Å². The van der Waals surface area contributed by atoms with Crippen LogP contribution in [0.2, 0.25) is 5.82 Å². The van der Waals surface area contributed by atoms with Gasteiger partial charge in [-0.05, 0) is 6.92 Å². The highest BCUT2D eigenvalue weighted by molar-refractivity contribution is 6.48. The van der Waals surface area contributed by atoms with E-state index in [1.165, 1.54) is 0 Å². The van der Waals surface area contributed by atoms with Crippen LogP contribution < -0.4 is 0 Å². The van der Waals surface area contributed by atoms with Crippen molar-refractivity contribution >= 4 is 7.12 Å². The highest BCUT2D eigenvalue weighted by Gasteiger charge is 2.36. The maximum Gasteiger partial charge on any atom is 0.479 e. The molecule has 0 N–H and O–H groups in total. The Hall–Kier alpha value is -0.785. The van der Waals surface area contributed by atoms with Crippen LogP contribution in [-0.4, -0.2) is 20.3 Å². The lowest BCUT2D eigenvalue weighted by Crippen LogP contribution is -2.42. The number of allylic oxidation sites excluding steroid dienone is 2. The maximum atomic E-state index is 8.88. The molecule has 0 aromatic rings. The Morgan fingerprint density at radius 2 is 2.00 bits per heavy atom. The number of nitriles is 1. The van der Waals surface area contributed by atoms with Crippen molar-refractivity contribution in [3.8, 4) is 6.07 Å². The summed E-state index contributed by atoms with van der Waals surface area (Å²) in [7, 11) is -0.399. The Kier molecular flexibility index (Phi) is 3.73. The van der Waals surface area contributed by atoms with Crippen LogP contribution in [0.4, 0.5) is 0 Å².